The molecule has 0 amide bonds. The van der Waals surface area contributed by atoms with Gasteiger partial charge in [-0.05, 0) is 18.2 Å². The van der Waals surface area contributed by atoms with Gasteiger partial charge >= 0.3 is 5.97 Å². The summed E-state index contributed by atoms with van der Waals surface area (Å²) in [6, 6.07) is 4.37. The van der Waals surface area contributed by atoms with Crippen LogP contribution in [0.2, 0.25) is 5.02 Å². The molecule has 0 bridgehead atoms. The Morgan fingerprint density at radius 3 is 2.68 bits per heavy atom. The van der Waals surface area contributed by atoms with Gasteiger partial charge in [-0.15, -0.1) is 0 Å². The maximum atomic E-state index is 13.3. The quantitative estimate of drug-likeness (QED) is 0.937. The van der Waals surface area contributed by atoms with Gasteiger partial charge in [0.1, 0.15) is 11.6 Å². The average Bonchev–Trinajstić information content (AvgIpc) is 2.34. The Bertz CT molecular complexity index is 649. The van der Waals surface area contributed by atoms with Crippen molar-refractivity contribution in [2.45, 2.75) is 0 Å². The fourth-order valence-corrected chi connectivity index (χ4v) is 1.52. The van der Waals surface area contributed by atoms with Gasteiger partial charge in [-0.3, -0.25) is 0 Å². The van der Waals surface area contributed by atoms with Crippen molar-refractivity contribution < 1.29 is 23.4 Å². The fraction of sp³-hybridized carbons (Fsp3) is 0. The molecule has 1 aromatic heterocycles. The van der Waals surface area contributed by atoms with Crippen LogP contribution < -0.4 is 4.74 Å². The molecule has 7 heteroatoms. The summed E-state index contributed by atoms with van der Waals surface area (Å²) < 4.78 is 31.0. The van der Waals surface area contributed by atoms with E-state index in [1.165, 1.54) is 12.1 Å². The standard InChI is InChI=1S/C12H6ClF2NO3/c13-9-2-1-7(4-8(9)12(17)18)19-11-10(15)3-6(14)5-16-11/h1-5H,(H,17,18). The molecule has 2 rings (SSSR count). The molecule has 0 aliphatic rings. The highest BCUT2D eigenvalue weighted by atomic mass is 35.5. The highest BCUT2D eigenvalue weighted by Crippen LogP contribution is 2.26. The van der Waals surface area contributed by atoms with Crippen molar-refractivity contribution in [2.75, 3.05) is 0 Å². The molecule has 98 valence electrons. The van der Waals surface area contributed by atoms with Gasteiger partial charge in [0.05, 0.1) is 16.8 Å². The van der Waals surface area contributed by atoms with Gasteiger partial charge < -0.3 is 9.84 Å². The van der Waals surface area contributed by atoms with Crippen LogP contribution in [0.3, 0.4) is 0 Å². The van der Waals surface area contributed by atoms with E-state index < -0.39 is 23.5 Å². The Morgan fingerprint density at radius 2 is 2.05 bits per heavy atom. The monoisotopic (exact) mass is 285 g/mol. The topological polar surface area (TPSA) is 59.4 Å². The summed E-state index contributed by atoms with van der Waals surface area (Å²) in [6.07, 6.45) is 0.784. The minimum atomic E-state index is -1.25. The van der Waals surface area contributed by atoms with Crippen LogP contribution in [0, 0.1) is 11.6 Å². The van der Waals surface area contributed by atoms with Gasteiger partial charge in [0, 0.05) is 6.07 Å². The van der Waals surface area contributed by atoms with Gasteiger partial charge in [-0.25, -0.2) is 18.6 Å². The van der Waals surface area contributed by atoms with E-state index in [0.717, 1.165) is 12.3 Å². The first-order valence-electron chi connectivity index (χ1n) is 4.99. The average molecular weight is 286 g/mol. The molecule has 0 unspecified atom stereocenters. The number of hydrogen-bond acceptors (Lipinski definition) is 3. The summed E-state index contributed by atoms with van der Waals surface area (Å²) in [6.45, 7) is 0. The van der Waals surface area contributed by atoms with Crippen LogP contribution in [0.4, 0.5) is 8.78 Å². The van der Waals surface area contributed by atoms with Crippen LogP contribution in [0.1, 0.15) is 10.4 Å². The Morgan fingerprint density at radius 1 is 1.32 bits per heavy atom. The molecule has 0 aliphatic heterocycles. The lowest BCUT2D eigenvalue weighted by Gasteiger charge is -2.07. The number of rotatable bonds is 3. The zero-order valence-electron chi connectivity index (χ0n) is 9.23. The first kappa shape index (κ1) is 13.2. The molecule has 1 N–H and O–H groups in total. The molecule has 4 nitrogen and oxygen atoms in total. The zero-order chi connectivity index (χ0) is 14.0. The van der Waals surface area contributed by atoms with Crippen molar-refractivity contribution in [1.82, 2.24) is 4.98 Å². The lowest BCUT2D eigenvalue weighted by molar-refractivity contribution is 0.0696. The molecule has 0 fully saturated rings. The van der Waals surface area contributed by atoms with E-state index in [2.05, 4.69) is 4.98 Å². The Balaban J connectivity index is 2.33. The molecule has 1 heterocycles. The largest absolute Gasteiger partial charge is 0.478 e. The Kier molecular flexibility index (Phi) is 3.62. The number of nitrogens with zero attached hydrogens (tertiary/aromatic N) is 1. The first-order chi connectivity index (χ1) is 8.97. The third-order valence-electron chi connectivity index (χ3n) is 2.16. The van der Waals surface area contributed by atoms with E-state index in [9.17, 15) is 13.6 Å². The lowest BCUT2D eigenvalue weighted by atomic mass is 10.2. The summed E-state index contributed by atoms with van der Waals surface area (Å²) in [7, 11) is 0. The van der Waals surface area contributed by atoms with Crippen LogP contribution in [-0.2, 0) is 0 Å². The van der Waals surface area contributed by atoms with E-state index in [1.54, 1.807) is 0 Å². The molecule has 2 aromatic rings. The van der Waals surface area contributed by atoms with Gasteiger partial charge in [0.15, 0.2) is 5.82 Å². The predicted octanol–water partition coefficient (Wildman–Crippen LogP) is 3.50. The number of carboxylic acid groups (broad SMARTS) is 1. The molecule has 1 aromatic carbocycles. The molecule has 0 aliphatic carbocycles. The number of ether oxygens (including phenoxy) is 1. The highest BCUT2D eigenvalue weighted by Gasteiger charge is 2.12. The van der Waals surface area contributed by atoms with E-state index in [4.69, 9.17) is 21.4 Å². The summed E-state index contributed by atoms with van der Waals surface area (Å²) >= 11 is 5.67. The van der Waals surface area contributed by atoms with E-state index >= 15 is 0 Å². The van der Waals surface area contributed by atoms with E-state index in [-0.39, 0.29) is 16.3 Å². The number of benzene rings is 1. The lowest BCUT2D eigenvalue weighted by Crippen LogP contribution is -1.99. The maximum Gasteiger partial charge on any atom is 0.337 e. The fourth-order valence-electron chi connectivity index (χ4n) is 1.32. The number of hydrogen-bond donors (Lipinski definition) is 1. The first-order valence-corrected chi connectivity index (χ1v) is 5.37. The normalized spacial score (nSPS) is 10.3. The van der Waals surface area contributed by atoms with Crippen LogP contribution >= 0.6 is 11.6 Å². The Labute approximate surface area is 111 Å². The molecular formula is C12H6ClF2NO3. The van der Waals surface area contributed by atoms with Crippen molar-refractivity contribution >= 4 is 17.6 Å². The van der Waals surface area contributed by atoms with Gasteiger partial charge in [0.2, 0.25) is 0 Å². The number of halogens is 3. The highest BCUT2D eigenvalue weighted by molar-refractivity contribution is 6.33. The molecular weight excluding hydrogens is 280 g/mol. The molecule has 0 spiro atoms. The van der Waals surface area contributed by atoms with Crippen molar-refractivity contribution in [3.05, 3.63) is 52.7 Å². The second-order valence-corrected chi connectivity index (χ2v) is 3.90. The second-order valence-electron chi connectivity index (χ2n) is 3.49. The summed E-state index contributed by atoms with van der Waals surface area (Å²) in [5, 5.41) is 8.89. The summed E-state index contributed by atoms with van der Waals surface area (Å²) in [5.41, 5.74) is -0.193. The van der Waals surface area contributed by atoms with Crippen molar-refractivity contribution in [2.24, 2.45) is 0 Å². The Hall–Kier alpha value is -2.21. The number of carboxylic acids is 1. The SMILES string of the molecule is O=C(O)c1cc(Oc2ncc(F)cc2F)ccc1Cl. The minimum Gasteiger partial charge on any atom is -0.478 e. The van der Waals surface area contributed by atoms with Crippen LogP contribution in [-0.4, -0.2) is 16.1 Å². The molecule has 19 heavy (non-hydrogen) atoms. The molecule has 0 atom stereocenters. The van der Waals surface area contributed by atoms with Crippen molar-refractivity contribution in [1.29, 1.82) is 0 Å². The van der Waals surface area contributed by atoms with Gasteiger partial charge in [-0.2, -0.15) is 0 Å². The smallest absolute Gasteiger partial charge is 0.337 e. The van der Waals surface area contributed by atoms with E-state index in [1.807, 2.05) is 0 Å². The van der Waals surface area contributed by atoms with Gasteiger partial charge in [0.25, 0.3) is 5.88 Å². The number of aromatic nitrogens is 1. The van der Waals surface area contributed by atoms with Crippen molar-refractivity contribution in [3.8, 4) is 11.6 Å². The summed E-state index contributed by atoms with van der Waals surface area (Å²) in [4.78, 5) is 14.3. The number of aromatic carboxylic acids is 1. The van der Waals surface area contributed by atoms with E-state index in [0.29, 0.717) is 6.07 Å². The van der Waals surface area contributed by atoms with Crippen LogP contribution in [0.25, 0.3) is 0 Å². The third kappa shape index (κ3) is 2.97. The van der Waals surface area contributed by atoms with Crippen LogP contribution in [0.5, 0.6) is 11.6 Å². The number of carbonyl (C=O) groups is 1. The number of pyridine rings is 1. The predicted molar refractivity (Wildman–Crippen MR) is 62.6 cm³/mol. The molecule has 0 saturated heterocycles. The van der Waals surface area contributed by atoms with Gasteiger partial charge in [-0.1, -0.05) is 11.6 Å². The minimum absolute atomic E-state index is 0.0207. The summed E-state index contributed by atoms with van der Waals surface area (Å²) in [5.74, 6) is -3.51. The second kappa shape index (κ2) is 5.19. The van der Waals surface area contributed by atoms with Crippen molar-refractivity contribution in [3.63, 3.8) is 0 Å². The molecule has 0 saturated carbocycles. The maximum absolute atomic E-state index is 13.3. The zero-order valence-corrected chi connectivity index (χ0v) is 9.99. The third-order valence-corrected chi connectivity index (χ3v) is 2.49. The van der Waals surface area contributed by atoms with Crippen LogP contribution in [0.15, 0.2) is 30.5 Å². The molecule has 0 radical (unpaired) electrons.